The van der Waals surface area contributed by atoms with Crippen LogP contribution in [0, 0.1) is 11.2 Å². The van der Waals surface area contributed by atoms with Crippen LogP contribution in [0.4, 0.5) is 10.1 Å². The lowest BCUT2D eigenvalue weighted by Gasteiger charge is -2.40. The van der Waals surface area contributed by atoms with Crippen LogP contribution < -0.4 is 4.90 Å². The molecule has 0 bridgehead atoms. The zero-order valence-electron chi connectivity index (χ0n) is 15.1. The normalized spacial score (nSPS) is 29.0. The van der Waals surface area contributed by atoms with Gasteiger partial charge in [-0.1, -0.05) is 12.1 Å². The fourth-order valence-corrected chi connectivity index (χ4v) is 5.04. The molecule has 1 aromatic rings. The molecule has 1 aromatic carbocycles. The third-order valence-corrected chi connectivity index (χ3v) is 6.51. The van der Waals surface area contributed by atoms with E-state index in [1.165, 1.54) is 6.07 Å². The van der Waals surface area contributed by atoms with E-state index >= 15 is 0 Å². The number of anilines is 1. The Bertz CT molecular complexity index is 644. The summed E-state index contributed by atoms with van der Waals surface area (Å²) in [7, 11) is 1.94. The van der Waals surface area contributed by atoms with E-state index in [4.69, 9.17) is 0 Å². The van der Waals surface area contributed by atoms with E-state index in [-0.39, 0.29) is 11.2 Å². The third kappa shape index (κ3) is 3.03. The molecule has 0 aliphatic carbocycles. The van der Waals surface area contributed by atoms with Gasteiger partial charge in [-0.05, 0) is 50.8 Å². The van der Waals surface area contributed by atoms with Crippen LogP contribution >= 0.6 is 0 Å². The van der Waals surface area contributed by atoms with Gasteiger partial charge < -0.3 is 9.80 Å². The molecule has 3 aliphatic heterocycles. The molecule has 4 nitrogen and oxygen atoms in total. The zero-order chi connectivity index (χ0) is 17.4. The molecule has 136 valence electrons. The van der Waals surface area contributed by atoms with Gasteiger partial charge in [0.1, 0.15) is 5.82 Å². The molecule has 0 radical (unpaired) electrons. The Hall–Kier alpha value is -1.62. The van der Waals surface area contributed by atoms with Crippen molar-refractivity contribution in [3.8, 4) is 0 Å². The maximum atomic E-state index is 14.0. The van der Waals surface area contributed by atoms with Crippen LogP contribution in [-0.2, 0) is 4.79 Å². The summed E-state index contributed by atoms with van der Waals surface area (Å²) >= 11 is 0. The third-order valence-electron chi connectivity index (χ3n) is 6.51. The lowest BCUT2D eigenvalue weighted by atomic mass is 9.78. The zero-order valence-corrected chi connectivity index (χ0v) is 15.1. The van der Waals surface area contributed by atoms with E-state index in [1.54, 1.807) is 6.07 Å². The van der Waals surface area contributed by atoms with E-state index in [9.17, 15) is 9.18 Å². The molecule has 3 aliphatic rings. The van der Waals surface area contributed by atoms with Gasteiger partial charge in [0.15, 0.2) is 0 Å². The molecule has 0 aromatic heterocycles. The summed E-state index contributed by atoms with van der Waals surface area (Å²) in [6, 6.07) is 7.59. The number of benzene rings is 1. The number of hydrogen-bond acceptors (Lipinski definition) is 3. The minimum absolute atomic E-state index is 0.128. The topological polar surface area (TPSA) is 26.8 Å². The molecule has 1 amide bonds. The van der Waals surface area contributed by atoms with Gasteiger partial charge in [-0.15, -0.1) is 0 Å². The van der Waals surface area contributed by atoms with Crippen LogP contribution in [0.15, 0.2) is 24.3 Å². The summed E-state index contributed by atoms with van der Waals surface area (Å²) < 4.78 is 14.0. The fourth-order valence-electron chi connectivity index (χ4n) is 5.04. The number of nitrogens with zero attached hydrogens (tertiary/aromatic N) is 3. The molecule has 5 heteroatoms. The van der Waals surface area contributed by atoms with Crippen molar-refractivity contribution in [2.45, 2.75) is 38.1 Å². The molecule has 0 unspecified atom stereocenters. The maximum Gasteiger partial charge on any atom is 0.229 e. The summed E-state index contributed by atoms with van der Waals surface area (Å²) in [6.07, 6.45) is 5.27. The highest BCUT2D eigenvalue weighted by Crippen LogP contribution is 2.41. The van der Waals surface area contributed by atoms with Crippen molar-refractivity contribution >= 4 is 11.6 Å². The van der Waals surface area contributed by atoms with Gasteiger partial charge in [0.25, 0.3) is 0 Å². The Morgan fingerprint density at radius 3 is 2.60 bits per heavy atom. The van der Waals surface area contributed by atoms with Crippen LogP contribution in [0.2, 0.25) is 0 Å². The first kappa shape index (κ1) is 16.8. The lowest BCUT2D eigenvalue weighted by molar-refractivity contribution is -0.144. The molecule has 4 rings (SSSR count). The van der Waals surface area contributed by atoms with Crippen LogP contribution in [0.25, 0.3) is 0 Å². The first-order chi connectivity index (χ1) is 12.1. The Labute approximate surface area is 149 Å². The van der Waals surface area contributed by atoms with Gasteiger partial charge in [0.05, 0.1) is 11.1 Å². The number of amides is 1. The number of rotatable bonds is 2. The summed E-state index contributed by atoms with van der Waals surface area (Å²) in [5.41, 5.74) is 0.596. The van der Waals surface area contributed by atoms with Crippen molar-refractivity contribution in [3.63, 3.8) is 0 Å². The Balaban J connectivity index is 1.38. The van der Waals surface area contributed by atoms with Crippen LogP contribution in [0.1, 0.15) is 32.1 Å². The molecule has 3 fully saturated rings. The summed E-state index contributed by atoms with van der Waals surface area (Å²) in [6.45, 7) is 4.64. The van der Waals surface area contributed by atoms with Crippen molar-refractivity contribution < 1.29 is 9.18 Å². The minimum atomic E-state index is -0.129. The summed E-state index contributed by atoms with van der Waals surface area (Å²) in [5.74, 6) is 0.224. The number of carbonyl (C=O) groups is 1. The van der Waals surface area contributed by atoms with E-state index in [1.807, 2.05) is 24.1 Å². The fraction of sp³-hybridized carbons (Fsp3) is 0.650. The molecule has 25 heavy (non-hydrogen) atoms. The van der Waals surface area contributed by atoms with Gasteiger partial charge in [-0.3, -0.25) is 9.69 Å². The summed E-state index contributed by atoms with van der Waals surface area (Å²) in [4.78, 5) is 19.3. The van der Waals surface area contributed by atoms with Crippen molar-refractivity contribution in [2.75, 3.05) is 44.7 Å². The molecular formula is C20H28FN3O. The second-order valence-corrected chi connectivity index (χ2v) is 8.00. The Morgan fingerprint density at radius 1 is 1.08 bits per heavy atom. The van der Waals surface area contributed by atoms with E-state index < -0.39 is 0 Å². The number of likely N-dealkylation sites (tertiary alicyclic amines) is 2. The van der Waals surface area contributed by atoms with E-state index in [0.29, 0.717) is 11.9 Å². The molecular weight excluding hydrogens is 317 g/mol. The molecule has 0 N–H and O–H groups in total. The number of piperidine rings is 2. The van der Waals surface area contributed by atoms with Crippen molar-refractivity contribution in [1.82, 2.24) is 9.80 Å². The molecule has 3 saturated heterocycles. The predicted molar refractivity (Wildman–Crippen MR) is 97.1 cm³/mol. The second kappa shape index (κ2) is 6.60. The van der Waals surface area contributed by atoms with Gasteiger partial charge in [-0.2, -0.15) is 0 Å². The SMILES string of the molecule is CN1CCC[C@]2(CCN(C3CCN(c4ccccc4F)CC3)C2)C1=O. The highest BCUT2D eigenvalue weighted by atomic mass is 19.1. The standard InChI is InChI=1S/C20H28FN3O/c1-22-11-4-9-20(19(22)25)10-14-24(15-20)16-7-12-23(13-8-16)18-6-3-2-5-17(18)21/h2-3,5-6,16H,4,7-15H2,1H3/t20-/m1/s1. The first-order valence-electron chi connectivity index (χ1n) is 9.58. The average Bonchev–Trinajstić information content (AvgIpc) is 3.05. The van der Waals surface area contributed by atoms with Crippen LogP contribution in [-0.4, -0.2) is 61.5 Å². The van der Waals surface area contributed by atoms with Gasteiger partial charge in [-0.25, -0.2) is 4.39 Å². The molecule has 0 saturated carbocycles. The predicted octanol–water partition coefficient (Wildman–Crippen LogP) is 2.74. The van der Waals surface area contributed by atoms with Crippen molar-refractivity contribution in [2.24, 2.45) is 5.41 Å². The van der Waals surface area contributed by atoms with Gasteiger partial charge in [0, 0.05) is 39.3 Å². The maximum absolute atomic E-state index is 14.0. The van der Waals surface area contributed by atoms with Gasteiger partial charge in [0.2, 0.25) is 5.91 Å². The van der Waals surface area contributed by atoms with E-state index in [0.717, 1.165) is 70.5 Å². The minimum Gasteiger partial charge on any atom is -0.369 e. The largest absolute Gasteiger partial charge is 0.369 e. The first-order valence-corrected chi connectivity index (χ1v) is 9.58. The number of carbonyl (C=O) groups excluding carboxylic acids is 1. The van der Waals surface area contributed by atoms with Crippen molar-refractivity contribution in [3.05, 3.63) is 30.1 Å². The molecule has 1 spiro atoms. The Kier molecular flexibility index (Phi) is 4.44. The smallest absolute Gasteiger partial charge is 0.229 e. The Morgan fingerprint density at radius 2 is 1.84 bits per heavy atom. The second-order valence-electron chi connectivity index (χ2n) is 8.00. The van der Waals surface area contributed by atoms with Crippen LogP contribution in [0.3, 0.4) is 0 Å². The monoisotopic (exact) mass is 345 g/mol. The molecule has 1 atom stereocenters. The number of halogens is 1. The molecule has 3 heterocycles. The highest BCUT2D eigenvalue weighted by Gasteiger charge is 2.48. The van der Waals surface area contributed by atoms with Gasteiger partial charge >= 0.3 is 0 Å². The quantitative estimate of drug-likeness (QED) is 0.825. The number of hydrogen-bond donors (Lipinski definition) is 0. The lowest BCUT2D eigenvalue weighted by Crippen LogP contribution is -2.50. The van der Waals surface area contributed by atoms with E-state index in [2.05, 4.69) is 9.80 Å². The van der Waals surface area contributed by atoms with Crippen LogP contribution in [0.5, 0.6) is 0 Å². The highest BCUT2D eigenvalue weighted by molar-refractivity contribution is 5.83. The average molecular weight is 345 g/mol. The number of para-hydroxylation sites is 1. The van der Waals surface area contributed by atoms with Crippen molar-refractivity contribution in [1.29, 1.82) is 0 Å². The summed E-state index contributed by atoms with van der Waals surface area (Å²) in [5, 5.41) is 0.